The van der Waals surface area contributed by atoms with E-state index >= 15 is 0 Å². The molecule has 0 spiro atoms. The van der Waals surface area contributed by atoms with Crippen LogP contribution >= 0.6 is 0 Å². The number of nitrogens with zero attached hydrogens (tertiary/aromatic N) is 2. The van der Waals surface area contributed by atoms with Gasteiger partial charge in [-0.25, -0.2) is 0 Å². The lowest BCUT2D eigenvalue weighted by Gasteiger charge is -2.17. The monoisotopic (exact) mass is 264 g/mol. The molecule has 0 aliphatic carbocycles. The fourth-order valence-electron chi connectivity index (χ4n) is 2.64. The lowest BCUT2D eigenvalue weighted by atomic mass is 9.97. The molecule has 0 atom stereocenters. The highest BCUT2D eigenvalue weighted by atomic mass is 16.5. The number of ether oxygens (including phenoxy) is 1. The van der Waals surface area contributed by atoms with E-state index in [4.69, 9.17) is 4.74 Å². The van der Waals surface area contributed by atoms with Crippen molar-refractivity contribution < 1.29 is 4.74 Å². The zero-order valence-electron chi connectivity index (χ0n) is 11.9. The molecule has 20 heavy (non-hydrogen) atoms. The number of aromatic nitrogens is 1. The van der Waals surface area contributed by atoms with Crippen molar-refractivity contribution in [2.24, 2.45) is 0 Å². The molecule has 100 valence electrons. The topological polar surface area (TPSA) is 45.9 Å². The lowest BCUT2D eigenvalue weighted by molar-refractivity contribution is 0.138. The van der Waals surface area contributed by atoms with E-state index in [0.717, 1.165) is 34.6 Å². The number of nitriles is 1. The summed E-state index contributed by atoms with van der Waals surface area (Å²) in [5, 5.41) is 9.35. The summed E-state index contributed by atoms with van der Waals surface area (Å²) in [6.45, 7) is 6.12. The minimum absolute atomic E-state index is 0.243. The molecule has 0 saturated carbocycles. The standard InChI is InChI=1S/C17H16N2O/c1-11-4-5-19-15(6-11)12-7-13-9-17(2,3)20-16(13)14(8-12)10-18/h4-8H,9H2,1-3H3. The summed E-state index contributed by atoms with van der Waals surface area (Å²) in [5.74, 6) is 0.730. The Kier molecular flexibility index (Phi) is 2.76. The van der Waals surface area contributed by atoms with Crippen LogP contribution in [0.2, 0.25) is 0 Å². The minimum Gasteiger partial charge on any atom is -0.486 e. The Morgan fingerprint density at radius 2 is 2.10 bits per heavy atom. The second kappa shape index (κ2) is 4.35. The van der Waals surface area contributed by atoms with Crippen LogP contribution in [0.5, 0.6) is 5.75 Å². The van der Waals surface area contributed by atoms with Crippen molar-refractivity contribution >= 4 is 0 Å². The zero-order chi connectivity index (χ0) is 14.3. The van der Waals surface area contributed by atoms with Crippen LogP contribution < -0.4 is 4.74 Å². The summed E-state index contributed by atoms with van der Waals surface area (Å²) in [6, 6.07) is 10.2. The van der Waals surface area contributed by atoms with Crippen LogP contribution in [-0.2, 0) is 6.42 Å². The van der Waals surface area contributed by atoms with Crippen molar-refractivity contribution in [2.75, 3.05) is 0 Å². The number of hydrogen-bond acceptors (Lipinski definition) is 3. The maximum atomic E-state index is 9.35. The molecule has 1 aliphatic heterocycles. The quantitative estimate of drug-likeness (QED) is 0.790. The average molecular weight is 264 g/mol. The highest BCUT2D eigenvalue weighted by Crippen LogP contribution is 2.40. The Balaban J connectivity index is 2.15. The van der Waals surface area contributed by atoms with Crippen LogP contribution in [0.3, 0.4) is 0 Å². The molecule has 3 heteroatoms. The number of aryl methyl sites for hydroxylation is 1. The Morgan fingerprint density at radius 1 is 1.30 bits per heavy atom. The largest absolute Gasteiger partial charge is 0.486 e. The van der Waals surface area contributed by atoms with Gasteiger partial charge in [0.2, 0.25) is 0 Å². The second-order valence-electron chi connectivity index (χ2n) is 5.88. The van der Waals surface area contributed by atoms with E-state index in [-0.39, 0.29) is 5.60 Å². The van der Waals surface area contributed by atoms with E-state index < -0.39 is 0 Å². The van der Waals surface area contributed by atoms with Gasteiger partial charge in [-0.1, -0.05) is 0 Å². The van der Waals surface area contributed by atoms with Crippen LogP contribution in [0.25, 0.3) is 11.3 Å². The van der Waals surface area contributed by atoms with Crippen LogP contribution in [0.1, 0.15) is 30.5 Å². The molecular formula is C17H16N2O. The van der Waals surface area contributed by atoms with Crippen molar-refractivity contribution in [3.8, 4) is 23.1 Å². The summed E-state index contributed by atoms with van der Waals surface area (Å²) in [7, 11) is 0. The Hall–Kier alpha value is -2.34. The van der Waals surface area contributed by atoms with Crippen molar-refractivity contribution in [1.82, 2.24) is 4.98 Å². The Bertz CT molecular complexity index is 726. The molecule has 2 heterocycles. The Morgan fingerprint density at radius 3 is 2.80 bits per heavy atom. The third-order valence-electron chi connectivity index (χ3n) is 3.49. The maximum absolute atomic E-state index is 9.35. The second-order valence-corrected chi connectivity index (χ2v) is 5.88. The van der Waals surface area contributed by atoms with E-state index in [1.165, 1.54) is 0 Å². The first-order valence-electron chi connectivity index (χ1n) is 6.67. The molecule has 0 bridgehead atoms. The molecule has 1 aromatic carbocycles. The van der Waals surface area contributed by atoms with Crippen molar-refractivity contribution in [3.63, 3.8) is 0 Å². The summed E-state index contributed by atoms with van der Waals surface area (Å²) < 4.78 is 5.89. The maximum Gasteiger partial charge on any atom is 0.141 e. The van der Waals surface area contributed by atoms with E-state index in [2.05, 4.69) is 17.1 Å². The molecular weight excluding hydrogens is 248 g/mol. The van der Waals surface area contributed by atoms with Gasteiger partial charge in [0.25, 0.3) is 0 Å². The van der Waals surface area contributed by atoms with Gasteiger partial charge in [-0.05, 0) is 50.6 Å². The molecule has 0 N–H and O–H groups in total. The molecule has 0 amide bonds. The smallest absolute Gasteiger partial charge is 0.141 e. The molecule has 0 fully saturated rings. The van der Waals surface area contributed by atoms with Gasteiger partial charge in [0.1, 0.15) is 17.4 Å². The van der Waals surface area contributed by atoms with Gasteiger partial charge >= 0.3 is 0 Å². The van der Waals surface area contributed by atoms with Gasteiger partial charge in [0, 0.05) is 23.7 Å². The Labute approximate surface area is 118 Å². The molecule has 3 nitrogen and oxygen atoms in total. The fourth-order valence-corrected chi connectivity index (χ4v) is 2.64. The van der Waals surface area contributed by atoms with Gasteiger partial charge in [0.15, 0.2) is 0 Å². The van der Waals surface area contributed by atoms with Crippen LogP contribution in [-0.4, -0.2) is 10.6 Å². The normalized spacial score (nSPS) is 15.3. The average Bonchev–Trinajstić information content (AvgIpc) is 2.71. The zero-order valence-corrected chi connectivity index (χ0v) is 11.9. The van der Waals surface area contributed by atoms with Crippen molar-refractivity contribution in [2.45, 2.75) is 32.8 Å². The first-order chi connectivity index (χ1) is 9.48. The van der Waals surface area contributed by atoms with E-state index in [9.17, 15) is 5.26 Å². The minimum atomic E-state index is -0.243. The predicted octanol–water partition coefficient (Wildman–Crippen LogP) is 3.64. The summed E-state index contributed by atoms with van der Waals surface area (Å²) in [6.07, 6.45) is 2.61. The molecule has 3 rings (SSSR count). The molecule has 0 saturated heterocycles. The summed E-state index contributed by atoms with van der Waals surface area (Å²) >= 11 is 0. The van der Waals surface area contributed by atoms with Gasteiger partial charge in [-0.2, -0.15) is 5.26 Å². The predicted molar refractivity (Wildman–Crippen MR) is 77.5 cm³/mol. The van der Waals surface area contributed by atoms with E-state index in [1.807, 2.05) is 39.0 Å². The third-order valence-corrected chi connectivity index (χ3v) is 3.49. The number of pyridine rings is 1. The summed E-state index contributed by atoms with van der Waals surface area (Å²) in [4.78, 5) is 4.40. The molecule has 1 aromatic heterocycles. The van der Waals surface area contributed by atoms with Crippen molar-refractivity contribution in [3.05, 3.63) is 47.2 Å². The van der Waals surface area contributed by atoms with Crippen LogP contribution in [0.4, 0.5) is 0 Å². The number of rotatable bonds is 1. The first kappa shape index (κ1) is 12.7. The molecule has 2 aromatic rings. The third kappa shape index (κ3) is 2.14. The van der Waals surface area contributed by atoms with E-state index in [0.29, 0.717) is 5.56 Å². The lowest BCUT2D eigenvalue weighted by Crippen LogP contribution is -2.24. The van der Waals surface area contributed by atoms with E-state index in [1.54, 1.807) is 6.20 Å². The highest BCUT2D eigenvalue weighted by molar-refractivity contribution is 5.68. The molecule has 0 unspecified atom stereocenters. The van der Waals surface area contributed by atoms with Gasteiger partial charge in [-0.15, -0.1) is 0 Å². The molecule has 1 aliphatic rings. The van der Waals surface area contributed by atoms with Crippen molar-refractivity contribution in [1.29, 1.82) is 5.26 Å². The van der Waals surface area contributed by atoms with Crippen LogP contribution in [0, 0.1) is 18.3 Å². The fraction of sp³-hybridized carbons (Fsp3) is 0.294. The first-order valence-corrected chi connectivity index (χ1v) is 6.67. The SMILES string of the molecule is Cc1ccnc(-c2cc(C#N)c3c(c2)CC(C)(C)O3)c1. The van der Waals surface area contributed by atoms with Crippen LogP contribution in [0.15, 0.2) is 30.5 Å². The number of fused-ring (bicyclic) bond motifs is 1. The summed E-state index contributed by atoms with van der Waals surface area (Å²) in [5.41, 5.74) is 4.47. The highest BCUT2D eigenvalue weighted by Gasteiger charge is 2.32. The van der Waals surface area contributed by atoms with Gasteiger partial charge in [0.05, 0.1) is 11.3 Å². The van der Waals surface area contributed by atoms with Gasteiger partial charge < -0.3 is 4.74 Å². The van der Waals surface area contributed by atoms with Gasteiger partial charge in [-0.3, -0.25) is 4.98 Å². The molecule has 0 radical (unpaired) electrons. The number of hydrogen-bond donors (Lipinski definition) is 0. The number of benzene rings is 1.